The maximum absolute atomic E-state index is 8.78. The Morgan fingerprint density at radius 1 is 1.33 bits per heavy atom. The average Bonchev–Trinajstić information content (AvgIpc) is 2.40. The van der Waals surface area contributed by atoms with Crippen molar-refractivity contribution in [1.82, 2.24) is 19.9 Å². The van der Waals surface area contributed by atoms with Crippen molar-refractivity contribution in [3.05, 3.63) is 30.4 Å². The zero-order valence-electron chi connectivity index (χ0n) is 9.96. The van der Waals surface area contributed by atoms with Gasteiger partial charge >= 0.3 is 0 Å². The number of nitrogens with one attached hydrogen (secondary N) is 2. The van der Waals surface area contributed by atoms with Gasteiger partial charge in [0.2, 0.25) is 5.95 Å². The quantitative estimate of drug-likeness (QED) is 0.715. The maximum Gasteiger partial charge on any atom is 0.230 e. The van der Waals surface area contributed by atoms with Gasteiger partial charge in [0.1, 0.15) is 18.0 Å². The second-order valence-corrected chi connectivity index (χ2v) is 3.60. The van der Waals surface area contributed by atoms with E-state index >= 15 is 0 Å². The van der Waals surface area contributed by atoms with Gasteiger partial charge in [-0.25, -0.2) is 15.0 Å². The number of aryl methyl sites for hydroxylation is 1. The molecule has 7 nitrogen and oxygen atoms in total. The number of aliphatic hydroxyl groups is 1. The van der Waals surface area contributed by atoms with Crippen molar-refractivity contribution >= 4 is 17.6 Å². The molecule has 0 fully saturated rings. The van der Waals surface area contributed by atoms with Crippen molar-refractivity contribution in [2.75, 3.05) is 23.8 Å². The molecular formula is C11H14N6O. The van der Waals surface area contributed by atoms with Crippen molar-refractivity contribution in [2.24, 2.45) is 0 Å². The van der Waals surface area contributed by atoms with Crippen molar-refractivity contribution in [2.45, 2.75) is 6.92 Å². The monoisotopic (exact) mass is 246 g/mol. The zero-order chi connectivity index (χ0) is 12.8. The summed E-state index contributed by atoms with van der Waals surface area (Å²) < 4.78 is 0. The highest BCUT2D eigenvalue weighted by molar-refractivity contribution is 5.52. The number of nitrogens with zero attached hydrogens (tertiary/aromatic N) is 4. The van der Waals surface area contributed by atoms with Crippen LogP contribution in [0.2, 0.25) is 0 Å². The van der Waals surface area contributed by atoms with Crippen LogP contribution in [0.4, 0.5) is 17.6 Å². The molecule has 18 heavy (non-hydrogen) atoms. The van der Waals surface area contributed by atoms with Gasteiger partial charge in [-0.05, 0) is 13.0 Å². The summed E-state index contributed by atoms with van der Waals surface area (Å²) in [5, 5.41) is 14.8. The summed E-state index contributed by atoms with van der Waals surface area (Å²) in [6.45, 7) is 2.40. The lowest BCUT2D eigenvalue weighted by molar-refractivity contribution is 0.311. The van der Waals surface area contributed by atoms with E-state index in [2.05, 4.69) is 30.6 Å². The van der Waals surface area contributed by atoms with Crippen LogP contribution >= 0.6 is 0 Å². The largest absolute Gasteiger partial charge is 0.395 e. The van der Waals surface area contributed by atoms with Gasteiger partial charge < -0.3 is 15.7 Å². The first-order valence-corrected chi connectivity index (χ1v) is 5.51. The summed E-state index contributed by atoms with van der Waals surface area (Å²) >= 11 is 0. The minimum absolute atomic E-state index is 0.0537. The van der Waals surface area contributed by atoms with Gasteiger partial charge in [0.15, 0.2) is 0 Å². The molecule has 0 amide bonds. The second-order valence-electron chi connectivity index (χ2n) is 3.60. The lowest BCUT2D eigenvalue weighted by atomic mass is 10.3. The fourth-order valence-corrected chi connectivity index (χ4v) is 1.33. The van der Waals surface area contributed by atoms with Gasteiger partial charge in [0.05, 0.1) is 6.61 Å². The van der Waals surface area contributed by atoms with Crippen LogP contribution in [0.3, 0.4) is 0 Å². The summed E-state index contributed by atoms with van der Waals surface area (Å²) in [7, 11) is 0. The molecule has 7 heteroatoms. The van der Waals surface area contributed by atoms with Crippen LogP contribution in [0.25, 0.3) is 0 Å². The predicted octanol–water partition coefficient (Wildman–Crippen LogP) is 0.723. The number of aliphatic hydroxyl groups excluding tert-OH is 1. The highest BCUT2D eigenvalue weighted by Gasteiger charge is 2.03. The Balaban J connectivity index is 2.14. The zero-order valence-corrected chi connectivity index (χ0v) is 9.96. The fourth-order valence-electron chi connectivity index (χ4n) is 1.33. The first-order chi connectivity index (χ1) is 8.79. The van der Waals surface area contributed by atoms with E-state index in [9.17, 15) is 0 Å². The Bertz CT molecular complexity index is 504. The van der Waals surface area contributed by atoms with E-state index in [1.54, 1.807) is 18.5 Å². The highest BCUT2D eigenvalue weighted by atomic mass is 16.3. The number of rotatable bonds is 5. The third kappa shape index (κ3) is 3.11. The Kier molecular flexibility index (Phi) is 3.98. The molecule has 0 atom stereocenters. The lowest BCUT2D eigenvalue weighted by Crippen LogP contribution is -2.10. The number of aromatic nitrogens is 4. The molecule has 0 saturated carbocycles. The molecule has 3 N–H and O–H groups in total. The maximum atomic E-state index is 8.78. The van der Waals surface area contributed by atoms with Gasteiger partial charge in [-0.15, -0.1) is 0 Å². The number of hydrogen-bond acceptors (Lipinski definition) is 7. The van der Waals surface area contributed by atoms with E-state index in [1.165, 1.54) is 6.33 Å². The molecule has 0 spiro atoms. The van der Waals surface area contributed by atoms with E-state index < -0.39 is 0 Å². The number of anilines is 3. The van der Waals surface area contributed by atoms with E-state index in [4.69, 9.17) is 5.11 Å². The molecule has 2 aromatic rings. The minimum Gasteiger partial charge on any atom is -0.395 e. The van der Waals surface area contributed by atoms with Crippen LogP contribution in [0.15, 0.2) is 24.8 Å². The third-order valence-corrected chi connectivity index (χ3v) is 2.20. The molecule has 94 valence electrons. The molecular weight excluding hydrogens is 232 g/mol. The van der Waals surface area contributed by atoms with Gasteiger partial charge in [0.25, 0.3) is 0 Å². The Labute approximate surface area is 104 Å². The first-order valence-electron chi connectivity index (χ1n) is 5.51. The van der Waals surface area contributed by atoms with Crippen LogP contribution in [-0.4, -0.2) is 38.2 Å². The number of hydrogen-bond donors (Lipinski definition) is 3. The summed E-state index contributed by atoms with van der Waals surface area (Å²) in [5.74, 6) is 1.76. The normalized spacial score (nSPS) is 10.1. The molecule has 0 saturated heterocycles. The Morgan fingerprint density at radius 3 is 2.94 bits per heavy atom. The standard InChI is InChI=1S/C11H14N6O/c1-8-6-14-11(17-10(8)13-4-5-18)16-9-2-3-12-7-15-9/h2-3,6-7,18H,4-5H2,1H3,(H2,12,13,14,15,16,17). The van der Waals surface area contributed by atoms with Crippen LogP contribution in [-0.2, 0) is 0 Å². The van der Waals surface area contributed by atoms with Gasteiger partial charge in [0, 0.05) is 24.5 Å². The van der Waals surface area contributed by atoms with E-state index in [0.717, 1.165) is 5.56 Å². The van der Waals surface area contributed by atoms with E-state index in [1.807, 2.05) is 6.92 Å². The molecule has 0 aliphatic heterocycles. The minimum atomic E-state index is 0.0537. The average molecular weight is 246 g/mol. The van der Waals surface area contributed by atoms with Gasteiger partial charge in [-0.3, -0.25) is 0 Å². The molecule has 0 unspecified atom stereocenters. The van der Waals surface area contributed by atoms with Crippen molar-refractivity contribution in [1.29, 1.82) is 0 Å². The second kappa shape index (κ2) is 5.87. The third-order valence-electron chi connectivity index (χ3n) is 2.20. The molecule has 0 aromatic carbocycles. The Morgan fingerprint density at radius 2 is 2.22 bits per heavy atom. The molecule has 0 aliphatic carbocycles. The lowest BCUT2D eigenvalue weighted by Gasteiger charge is -2.09. The summed E-state index contributed by atoms with van der Waals surface area (Å²) in [4.78, 5) is 16.3. The Hall–Kier alpha value is -2.28. The van der Waals surface area contributed by atoms with Crippen molar-refractivity contribution < 1.29 is 5.11 Å². The van der Waals surface area contributed by atoms with Crippen LogP contribution in [0.5, 0.6) is 0 Å². The first kappa shape index (κ1) is 12.2. The SMILES string of the molecule is Cc1cnc(Nc2ccncn2)nc1NCCO. The van der Waals surface area contributed by atoms with Crippen LogP contribution in [0.1, 0.15) is 5.56 Å². The van der Waals surface area contributed by atoms with Crippen molar-refractivity contribution in [3.63, 3.8) is 0 Å². The van der Waals surface area contributed by atoms with Crippen LogP contribution in [0, 0.1) is 6.92 Å². The summed E-state index contributed by atoms with van der Waals surface area (Å²) in [6.07, 6.45) is 4.78. The highest BCUT2D eigenvalue weighted by Crippen LogP contribution is 2.14. The van der Waals surface area contributed by atoms with Gasteiger partial charge in [-0.2, -0.15) is 4.98 Å². The predicted molar refractivity (Wildman–Crippen MR) is 67.7 cm³/mol. The fraction of sp³-hybridized carbons (Fsp3) is 0.273. The molecule has 2 aromatic heterocycles. The molecule has 2 heterocycles. The van der Waals surface area contributed by atoms with Crippen molar-refractivity contribution in [3.8, 4) is 0 Å². The molecule has 0 bridgehead atoms. The molecule has 2 rings (SSSR count). The van der Waals surface area contributed by atoms with Gasteiger partial charge in [-0.1, -0.05) is 0 Å². The van der Waals surface area contributed by atoms with E-state index in [-0.39, 0.29) is 6.61 Å². The van der Waals surface area contributed by atoms with Crippen LogP contribution < -0.4 is 10.6 Å². The molecule has 0 radical (unpaired) electrons. The topological polar surface area (TPSA) is 95.9 Å². The smallest absolute Gasteiger partial charge is 0.230 e. The molecule has 0 aliphatic rings. The summed E-state index contributed by atoms with van der Waals surface area (Å²) in [5.41, 5.74) is 0.914. The van der Waals surface area contributed by atoms with E-state index in [0.29, 0.717) is 24.1 Å². The summed E-state index contributed by atoms with van der Waals surface area (Å²) in [6, 6.07) is 1.73.